The number of amides is 1. The van der Waals surface area contributed by atoms with Crippen LogP contribution in [0.5, 0.6) is 0 Å². The van der Waals surface area contributed by atoms with Gasteiger partial charge in [-0.05, 0) is 60.0 Å². The second-order valence-electron chi connectivity index (χ2n) is 7.59. The van der Waals surface area contributed by atoms with E-state index in [0.29, 0.717) is 27.9 Å². The van der Waals surface area contributed by atoms with Crippen LogP contribution in [0.3, 0.4) is 0 Å². The van der Waals surface area contributed by atoms with Crippen molar-refractivity contribution in [1.29, 1.82) is 0 Å². The van der Waals surface area contributed by atoms with Gasteiger partial charge in [0.1, 0.15) is 17.2 Å². The van der Waals surface area contributed by atoms with Crippen LogP contribution in [0.2, 0.25) is 0 Å². The van der Waals surface area contributed by atoms with Gasteiger partial charge < -0.3 is 15.5 Å². The Balaban J connectivity index is 1.57. The number of nitrogens with one attached hydrogen (secondary N) is 1. The SMILES string of the molecule is Cc1ccc(-c2cc(C(F)(F)F)c3oc(CNC(=O)/C=C/c4ccc(N)nc4)cc3c2)cc1. The number of halogens is 3. The fourth-order valence-electron chi connectivity index (χ4n) is 3.34. The van der Waals surface area contributed by atoms with E-state index < -0.39 is 17.6 Å². The summed E-state index contributed by atoms with van der Waals surface area (Å²) >= 11 is 0. The number of carbonyl (C=O) groups is 1. The minimum Gasteiger partial charge on any atom is -0.459 e. The average molecular weight is 451 g/mol. The number of hydrogen-bond acceptors (Lipinski definition) is 4. The van der Waals surface area contributed by atoms with Crippen LogP contribution in [0.4, 0.5) is 19.0 Å². The van der Waals surface area contributed by atoms with Crippen LogP contribution in [0, 0.1) is 6.92 Å². The minimum absolute atomic E-state index is 0.0605. The molecule has 0 radical (unpaired) electrons. The van der Waals surface area contributed by atoms with Crippen LogP contribution in [0.1, 0.15) is 22.5 Å². The molecule has 0 unspecified atom stereocenters. The number of fused-ring (bicyclic) bond motifs is 1. The number of benzene rings is 2. The van der Waals surface area contributed by atoms with Crippen molar-refractivity contribution in [3.05, 3.63) is 89.3 Å². The summed E-state index contributed by atoms with van der Waals surface area (Å²) in [5.74, 6) is 0.154. The van der Waals surface area contributed by atoms with Gasteiger partial charge in [0.2, 0.25) is 5.91 Å². The molecule has 3 N–H and O–H groups in total. The summed E-state index contributed by atoms with van der Waals surface area (Å²) in [6.45, 7) is 1.85. The quantitative estimate of drug-likeness (QED) is 0.380. The number of nitrogen functional groups attached to an aromatic ring is 1. The van der Waals surface area contributed by atoms with Crippen LogP contribution in [-0.2, 0) is 17.5 Å². The zero-order valence-corrected chi connectivity index (χ0v) is 17.6. The number of carbonyl (C=O) groups excluding carboxylic acids is 1. The zero-order chi connectivity index (χ0) is 23.6. The molecular formula is C25H20F3N3O2. The fraction of sp³-hybridized carbons (Fsp3) is 0.120. The van der Waals surface area contributed by atoms with E-state index in [1.807, 2.05) is 19.1 Å². The molecular weight excluding hydrogens is 431 g/mol. The molecule has 0 saturated heterocycles. The van der Waals surface area contributed by atoms with E-state index in [2.05, 4.69) is 10.3 Å². The normalized spacial score (nSPS) is 11.9. The Labute approximate surface area is 187 Å². The summed E-state index contributed by atoms with van der Waals surface area (Å²) < 4.78 is 46.7. The van der Waals surface area contributed by atoms with Crippen molar-refractivity contribution in [1.82, 2.24) is 10.3 Å². The van der Waals surface area contributed by atoms with E-state index >= 15 is 0 Å². The molecule has 168 valence electrons. The van der Waals surface area contributed by atoms with Gasteiger partial charge in [-0.1, -0.05) is 29.8 Å². The van der Waals surface area contributed by atoms with Gasteiger partial charge in [0.25, 0.3) is 0 Å². The van der Waals surface area contributed by atoms with Crippen LogP contribution in [0.25, 0.3) is 28.2 Å². The maximum Gasteiger partial charge on any atom is 0.420 e. The highest BCUT2D eigenvalue weighted by Gasteiger charge is 2.35. The molecule has 0 fully saturated rings. The Morgan fingerprint density at radius 2 is 1.85 bits per heavy atom. The summed E-state index contributed by atoms with van der Waals surface area (Å²) in [6.07, 6.45) is -0.224. The monoisotopic (exact) mass is 451 g/mol. The number of hydrogen-bond donors (Lipinski definition) is 2. The van der Waals surface area contributed by atoms with Gasteiger partial charge >= 0.3 is 6.18 Å². The molecule has 4 aromatic rings. The first-order valence-corrected chi connectivity index (χ1v) is 10.1. The van der Waals surface area contributed by atoms with Crippen molar-refractivity contribution >= 4 is 28.8 Å². The lowest BCUT2D eigenvalue weighted by molar-refractivity contribution is -0.136. The molecule has 0 saturated carbocycles. The lowest BCUT2D eigenvalue weighted by Crippen LogP contribution is -2.19. The van der Waals surface area contributed by atoms with Crippen molar-refractivity contribution in [3.8, 4) is 11.1 Å². The van der Waals surface area contributed by atoms with Crippen LogP contribution < -0.4 is 11.1 Å². The molecule has 2 heterocycles. The maximum absolute atomic E-state index is 13.7. The summed E-state index contributed by atoms with van der Waals surface area (Å²) in [5, 5.41) is 2.92. The Morgan fingerprint density at radius 3 is 2.52 bits per heavy atom. The van der Waals surface area contributed by atoms with Crippen molar-refractivity contribution in [2.45, 2.75) is 19.6 Å². The molecule has 0 atom stereocenters. The van der Waals surface area contributed by atoms with E-state index in [1.54, 1.807) is 36.4 Å². The van der Waals surface area contributed by atoms with Crippen molar-refractivity contribution in [2.75, 3.05) is 5.73 Å². The summed E-state index contributed by atoms with van der Waals surface area (Å²) in [5.41, 5.74) is 7.21. The number of rotatable bonds is 5. The predicted molar refractivity (Wildman–Crippen MR) is 121 cm³/mol. The molecule has 5 nitrogen and oxygen atoms in total. The lowest BCUT2D eigenvalue weighted by atomic mass is 9.99. The minimum atomic E-state index is -4.59. The van der Waals surface area contributed by atoms with E-state index in [9.17, 15) is 18.0 Å². The number of aryl methyl sites for hydroxylation is 1. The molecule has 0 bridgehead atoms. The van der Waals surface area contributed by atoms with Crippen LogP contribution in [0.15, 0.2) is 71.3 Å². The fourth-order valence-corrected chi connectivity index (χ4v) is 3.34. The summed E-state index contributed by atoms with van der Waals surface area (Å²) in [7, 11) is 0. The molecule has 2 aromatic heterocycles. The van der Waals surface area contributed by atoms with Crippen molar-refractivity contribution in [3.63, 3.8) is 0 Å². The van der Waals surface area contributed by atoms with E-state index in [4.69, 9.17) is 10.2 Å². The highest BCUT2D eigenvalue weighted by molar-refractivity contribution is 5.92. The average Bonchev–Trinajstić information content (AvgIpc) is 3.19. The first-order chi connectivity index (χ1) is 15.7. The van der Waals surface area contributed by atoms with E-state index in [-0.39, 0.29) is 17.9 Å². The molecule has 0 spiro atoms. The van der Waals surface area contributed by atoms with E-state index in [0.717, 1.165) is 11.6 Å². The highest BCUT2D eigenvalue weighted by atomic mass is 19.4. The lowest BCUT2D eigenvalue weighted by Gasteiger charge is -2.10. The molecule has 4 rings (SSSR count). The van der Waals surface area contributed by atoms with Gasteiger partial charge in [-0.3, -0.25) is 4.79 Å². The van der Waals surface area contributed by atoms with Gasteiger partial charge in [0, 0.05) is 17.7 Å². The smallest absolute Gasteiger partial charge is 0.420 e. The Hall–Kier alpha value is -4.07. The van der Waals surface area contributed by atoms with Crippen LogP contribution >= 0.6 is 0 Å². The molecule has 2 aromatic carbocycles. The van der Waals surface area contributed by atoms with Gasteiger partial charge in [-0.2, -0.15) is 13.2 Å². The third-order valence-corrected chi connectivity index (χ3v) is 5.03. The second kappa shape index (κ2) is 8.82. The number of nitrogens with zero attached hydrogens (tertiary/aromatic N) is 1. The largest absolute Gasteiger partial charge is 0.459 e. The molecule has 0 aliphatic heterocycles. The number of furan rings is 1. The third kappa shape index (κ3) is 5.23. The molecule has 8 heteroatoms. The second-order valence-corrected chi connectivity index (χ2v) is 7.59. The van der Waals surface area contributed by atoms with Gasteiger partial charge in [0.15, 0.2) is 0 Å². The summed E-state index contributed by atoms with van der Waals surface area (Å²) in [4.78, 5) is 16.0. The number of nitrogens with two attached hydrogens (primary N) is 1. The Bertz CT molecular complexity index is 1320. The molecule has 33 heavy (non-hydrogen) atoms. The van der Waals surface area contributed by atoms with Crippen LogP contribution in [-0.4, -0.2) is 10.9 Å². The number of anilines is 1. The van der Waals surface area contributed by atoms with Gasteiger partial charge in [-0.25, -0.2) is 4.98 Å². The summed E-state index contributed by atoms with van der Waals surface area (Å²) in [6, 6.07) is 14.8. The van der Waals surface area contributed by atoms with Gasteiger partial charge in [-0.15, -0.1) is 0 Å². The molecule has 0 aliphatic rings. The van der Waals surface area contributed by atoms with Crippen molar-refractivity contribution < 1.29 is 22.4 Å². The topological polar surface area (TPSA) is 81.2 Å². The Morgan fingerprint density at radius 1 is 1.09 bits per heavy atom. The highest BCUT2D eigenvalue weighted by Crippen LogP contribution is 2.39. The zero-order valence-electron chi connectivity index (χ0n) is 17.6. The van der Waals surface area contributed by atoms with E-state index in [1.165, 1.54) is 18.3 Å². The molecule has 1 amide bonds. The predicted octanol–water partition coefficient (Wildman–Crippen LogP) is 5.73. The number of alkyl halides is 3. The standard InChI is InChI=1S/C25H20F3N3O2/c1-15-2-6-17(7-3-15)18-10-19-11-20(33-24(19)21(12-18)25(26,27)28)14-31-23(32)9-5-16-4-8-22(29)30-13-16/h2-13H,14H2,1H3,(H2,29,30)(H,31,32)/b9-5+. The van der Waals surface area contributed by atoms with Gasteiger partial charge in [0.05, 0.1) is 12.1 Å². The molecule has 0 aliphatic carbocycles. The third-order valence-electron chi connectivity index (χ3n) is 5.03. The number of aromatic nitrogens is 1. The Kier molecular flexibility index (Phi) is 5.91. The maximum atomic E-state index is 13.7. The van der Waals surface area contributed by atoms with Crippen molar-refractivity contribution in [2.24, 2.45) is 0 Å². The first-order valence-electron chi connectivity index (χ1n) is 10.1. The number of pyridine rings is 1. The first kappa shape index (κ1) is 22.1.